The number of benzene rings is 1. The van der Waals surface area contributed by atoms with Gasteiger partial charge in [0.2, 0.25) is 5.91 Å². The Hall–Kier alpha value is -1.59. The molecule has 1 fully saturated rings. The van der Waals surface area contributed by atoms with Crippen LogP contribution in [0.25, 0.3) is 0 Å². The maximum absolute atomic E-state index is 12.7. The van der Waals surface area contributed by atoms with Crippen molar-refractivity contribution in [3.8, 4) is 5.75 Å². The summed E-state index contributed by atoms with van der Waals surface area (Å²) in [5.41, 5.74) is 6.37. The van der Waals surface area contributed by atoms with Crippen LogP contribution < -0.4 is 10.5 Å². The predicted molar refractivity (Wildman–Crippen MR) is 81.0 cm³/mol. The number of carbonyl (C=O) groups is 1. The Morgan fingerprint density at radius 2 is 2.24 bits per heavy atom. The topological polar surface area (TPSA) is 64.8 Å². The third kappa shape index (κ3) is 3.19. The minimum atomic E-state index is -0.644. The zero-order chi connectivity index (χ0) is 15.5. The molecule has 1 saturated heterocycles. The molecule has 0 aromatic heterocycles. The molecule has 0 saturated carbocycles. The minimum absolute atomic E-state index is 0.0128. The molecular formula is C16H24N2O3. The van der Waals surface area contributed by atoms with E-state index >= 15 is 0 Å². The van der Waals surface area contributed by atoms with Crippen LogP contribution in [0.3, 0.4) is 0 Å². The van der Waals surface area contributed by atoms with Crippen molar-refractivity contribution in [3.05, 3.63) is 29.8 Å². The van der Waals surface area contributed by atoms with Crippen LogP contribution in [0.2, 0.25) is 0 Å². The van der Waals surface area contributed by atoms with Gasteiger partial charge in [-0.25, -0.2) is 0 Å². The molecule has 21 heavy (non-hydrogen) atoms. The first-order chi connectivity index (χ1) is 9.99. The van der Waals surface area contributed by atoms with Gasteiger partial charge < -0.3 is 20.1 Å². The van der Waals surface area contributed by atoms with Crippen LogP contribution in [-0.4, -0.2) is 43.7 Å². The summed E-state index contributed by atoms with van der Waals surface area (Å²) >= 11 is 0. The van der Waals surface area contributed by atoms with Gasteiger partial charge in [-0.1, -0.05) is 18.2 Å². The number of amides is 1. The van der Waals surface area contributed by atoms with Crippen molar-refractivity contribution < 1.29 is 14.3 Å². The average molecular weight is 292 g/mol. The second-order valence-electron chi connectivity index (χ2n) is 5.74. The molecule has 0 radical (unpaired) electrons. The molecule has 1 aliphatic rings. The van der Waals surface area contributed by atoms with Gasteiger partial charge in [0.1, 0.15) is 5.75 Å². The molecule has 0 bridgehead atoms. The molecular weight excluding hydrogens is 268 g/mol. The van der Waals surface area contributed by atoms with Crippen LogP contribution in [0.1, 0.15) is 19.4 Å². The maximum atomic E-state index is 12.7. The molecule has 5 heteroatoms. The second-order valence-corrected chi connectivity index (χ2v) is 5.74. The third-order valence-corrected chi connectivity index (χ3v) is 4.03. The summed E-state index contributed by atoms with van der Waals surface area (Å²) in [6.45, 7) is 5.73. The van der Waals surface area contributed by atoms with Gasteiger partial charge in [0.05, 0.1) is 25.2 Å². The Bertz CT molecular complexity index is 506. The smallest absolute Gasteiger partial charge is 0.232 e. The lowest BCUT2D eigenvalue weighted by Crippen LogP contribution is -2.50. The average Bonchev–Trinajstić information content (AvgIpc) is 2.81. The van der Waals surface area contributed by atoms with Gasteiger partial charge in [-0.15, -0.1) is 0 Å². The number of hydrogen-bond acceptors (Lipinski definition) is 4. The number of nitrogens with zero attached hydrogens (tertiary/aromatic N) is 1. The van der Waals surface area contributed by atoms with E-state index in [2.05, 4.69) is 0 Å². The molecule has 1 aromatic carbocycles. The Balaban J connectivity index is 2.11. The van der Waals surface area contributed by atoms with E-state index in [0.717, 1.165) is 11.3 Å². The highest BCUT2D eigenvalue weighted by atomic mass is 16.5. The number of carbonyl (C=O) groups excluding carboxylic acids is 1. The van der Waals surface area contributed by atoms with Crippen LogP contribution in [0.15, 0.2) is 24.3 Å². The summed E-state index contributed by atoms with van der Waals surface area (Å²) in [6, 6.07) is 7.51. The van der Waals surface area contributed by atoms with Crippen LogP contribution >= 0.6 is 0 Å². The highest BCUT2D eigenvalue weighted by molar-refractivity contribution is 5.83. The third-order valence-electron chi connectivity index (χ3n) is 4.03. The standard InChI is InChI=1S/C16H24N2O3/c1-4-21-13-8-6-5-7-12(13)9-18(3)15(19)16(2)11-20-10-14(16)17/h5-8,14H,4,9-11,17H2,1-3H3. The molecule has 2 rings (SSSR count). The predicted octanol–water partition coefficient (Wildman–Crippen LogP) is 1.41. The summed E-state index contributed by atoms with van der Waals surface area (Å²) in [5.74, 6) is 0.829. The quantitative estimate of drug-likeness (QED) is 0.891. The molecule has 5 nitrogen and oxygen atoms in total. The number of para-hydroxylation sites is 1. The van der Waals surface area contributed by atoms with Crippen molar-refractivity contribution >= 4 is 5.91 Å². The lowest BCUT2D eigenvalue weighted by atomic mass is 9.84. The second kappa shape index (κ2) is 6.45. The van der Waals surface area contributed by atoms with E-state index < -0.39 is 5.41 Å². The van der Waals surface area contributed by atoms with Gasteiger partial charge in [-0.3, -0.25) is 4.79 Å². The highest BCUT2D eigenvalue weighted by Gasteiger charge is 2.45. The van der Waals surface area contributed by atoms with E-state index in [9.17, 15) is 4.79 Å². The monoisotopic (exact) mass is 292 g/mol. The molecule has 2 atom stereocenters. The summed E-state index contributed by atoms with van der Waals surface area (Å²) in [6.07, 6.45) is 0. The van der Waals surface area contributed by atoms with Crippen LogP contribution in [0, 0.1) is 5.41 Å². The minimum Gasteiger partial charge on any atom is -0.494 e. The fourth-order valence-corrected chi connectivity index (χ4v) is 2.60. The Kier molecular flexibility index (Phi) is 4.85. The highest BCUT2D eigenvalue weighted by Crippen LogP contribution is 2.30. The first kappa shape index (κ1) is 15.8. The normalized spacial score (nSPS) is 24.9. The van der Waals surface area contributed by atoms with E-state index in [4.69, 9.17) is 15.2 Å². The molecule has 1 heterocycles. The number of ether oxygens (including phenoxy) is 2. The molecule has 1 aromatic rings. The molecule has 0 aliphatic carbocycles. The largest absolute Gasteiger partial charge is 0.494 e. The Morgan fingerprint density at radius 1 is 1.52 bits per heavy atom. The summed E-state index contributed by atoms with van der Waals surface area (Å²) < 4.78 is 11.0. The molecule has 2 unspecified atom stereocenters. The SMILES string of the molecule is CCOc1ccccc1CN(C)C(=O)C1(C)COCC1N. The van der Waals surface area contributed by atoms with Crippen molar-refractivity contribution in [1.82, 2.24) is 4.90 Å². The molecule has 2 N–H and O–H groups in total. The van der Waals surface area contributed by atoms with Crippen LogP contribution in [-0.2, 0) is 16.1 Å². The number of hydrogen-bond donors (Lipinski definition) is 1. The fraction of sp³-hybridized carbons (Fsp3) is 0.562. The van der Waals surface area contributed by atoms with E-state index in [1.54, 1.807) is 11.9 Å². The van der Waals surface area contributed by atoms with Gasteiger partial charge in [-0.05, 0) is 19.9 Å². The summed E-state index contributed by atoms with van der Waals surface area (Å²) in [5, 5.41) is 0. The van der Waals surface area contributed by atoms with E-state index in [-0.39, 0.29) is 11.9 Å². The fourth-order valence-electron chi connectivity index (χ4n) is 2.60. The first-order valence-electron chi connectivity index (χ1n) is 7.28. The first-order valence-corrected chi connectivity index (χ1v) is 7.28. The lowest BCUT2D eigenvalue weighted by Gasteiger charge is -2.31. The zero-order valence-electron chi connectivity index (χ0n) is 13.0. The number of rotatable bonds is 5. The van der Waals surface area contributed by atoms with Crippen molar-refractivity contribution in [1.29, 1.82) is 0 Å². The van der Waals surface area contributed by atoms with Crippen LogP contribution in [0.4, 0.5) is 0 Å². The Labute approximate surface area is 126 Å². The van der Waals surface area contributed by atoms with E-state index in [1.807, 2.05) is 38.1 Å². The number of nitrogens with two attached hydrogens (primary N) is 1. The van der Waals surface area contributed by atoms with Crippen LogP contribution in [0.5, 0.6) is 5.75 Å². The van der Waals surface area contributed by atoms with Crippen molar-refractivity contribution in [2.45, 2.75) is 26.4 Å². The zero-order valence-corrected chi connectivity index (χ0v) is 13.0. The van der Waals surface area contributed by atoms with Gasteiger partial charge in [0.25, 0.3) is 0 Å². The van der Waals surface area contributed by atoms with E-state index in [0.29, 0.717) is 26.4 Å². The maximum Gasteiger partial charge on any atom is 0.232 e. The summed E-state index contributed by atoms with van der Waals surface area (Å²) in [4.78, 5) is 14.4. The summed E-state index contributed by atoms with van der Waals surface area (Å²) in [7, 11) is 1.79. The molecule has 0 spiro atoms. The van der Waals surface area contributed by atoms with Crippen molar-refractivity contribution in [2.24, 2.45) is 11.1 Å². The molecule has 116 valence electrons. The van der Waals surface area contributed by atoms with Gasteiger partial charge in [0, 0.05) is 25.2 Å². The Morgan fingerprint density at radius 3 is 2.86 bits per heavy atom. The molecule has 1 amide bonds. The van der Waals surface area contributed by atoms with Gasteiger partial charge in [-0.2, -0.15) is 0 Å². The van der Waals surface area contributed by atoms with Gasteiger partial charge in [0.15, 0.2) is 0 Å². The van der Waals surface area contributed by atoms with Crippen molar-refractivity contribution in [2.75, 3.05) is 26.9 Å². The molecule has 1 aliphatic heterocycles. The lowest BCUT2D eigenvalue weighted by molar-refractivity contribution is -0.141. The van der Waals surface area contributed by atoms with Gasteiger partial charge >= 0.3 is 0 Å². The van der Waals surface area contributed by atoms with E-state index in [1.165, 1.54) is 0 Å². The van der Waals surface area contributed by atoms with Crippen molar-refractivity contribution in [3.63, 3.8) is 0 Å².